The molecular formula is C18H20FN. The minimum atomic E-state index is -0.149. The summed E-state index contributed by atoms with van der Waals surface area (Å²) in [6.45, 7) is 3.33. The highest BCUT2D eigenvalue weighted by Crippen LogP contribution is 2.22. The maximum atomic E-state index is 12.8. The van der Waals surface area contributed by atoms with Crippen LogP contribution in [-0.2, 0) is 19.5 Å². The van der Waals surface area contributed by atoms with Crippen LogP contribution in [0.5, 0.6) is 0 Å². The van der Waals surface area contributed by atoms with Crippen molar-refractivity contribution in [3.05, 3.63) is 71.0 Å². The van der Waals surface area contributed by atoms with Crippen molar-refractivity contribution < 1.29 is 4.39 Å². The fourth-order valence-electron chi connectivity index (χ4n) is 2.88. The molecule has 2 aromatic carbocycles. The summed E-state index contributed by atoms with van der Waals surface area (Å²) < 4.78 is 12.8. The van der Waals surface area contributed by atoms with Gasteiger partial charge in [-0.25, -0.2) is 4.39 Å². The van der Waals surface area contributed by atoms with Crippen LogP contribution in [0.2, 0.25) is 0 Å². The minimum Gasteiger partial charge on any atom is -0.295 e. The number of rotatable bonds is 5. The van der Waals surface area contributed by atoms with Gasteiger partial charge in [-0.2, -0.15) is 0 Å². The summed E-state index contributed by atoms with van der Waals surface area (Å²) in [5.41, 5.74) is 4.19. The number of hydrogen-bond acceptors (Lipinski definition) is 1. The van der Waals surface area contributed by atoms with E-state index in [1.165, 1.54) is 29.5 Å². The third kappa shape index (κ3) is 3.26. The summed E-state index contributed by atoms with van der Waals surface area (Å²) in [7, 11) is 0. The molecule has 1 nitrogen and oxygen atoms in total. The molecule has 0 bridgehead atoms. The van der Waals surface area contributed by atoms with Crippen LogP contribution in [0.25, 0.3) is 0 Å². The van der Waals surface area contributed by atoms with Gasteiger partial charge >= 0.3 is 0 Å². The summed E-state index contributed by atoms with van der Waals surface area (Å²) in [5, 5.41) is 0. The lowest BCUT2D eigenvalue weighted by molar-refractivity contribution is 0.278. The average Bonchev–Trinajstić information content (AvgIpc) is 2.88. The van der Waals surface area contributed by atoms with Gasteiger partial charge in [0.25, 0.3) is 0 Å². The van der Waals surface area contributed by atoms with Crippen molar-refractivity contribution in [2.24, 2.45) is 0 Å². The van der Waals surface area contributed by atoms with Crippen LogP contribution in [0.3, 0.4) is 0 Å². The monoisotopic (exact) mass is 269 g/mol. The Morgan fingerprint density at radius 1 is 0.850 bits per heavy atom. The predicted molar refractivity (Wildman–Crippen MR) is 79.9 cm³/mol. The van der Waals surface area contributed by atoms with Crippen molar-refractivity contribution in [1.82, 2.24) is 4.90 Å². The van der Waals surface area contributed by atoms with E-state index in [4.69, 9.17) is 0 Å². The summed E-state index contributed by atoms with van der Waals surface area (Å²) in [6, 6.07) is 15.6. The van der Waals surface area contributed by atoms with Gasteiger partial charge in [0.2, 0.25) is 0 Å². The zero-order valence-corrected chi connectivity index (χ0v) is 11.7. The average molecular weight is 269 g/mol. The molecule has 0 fully saturated rings. The number of fused-ring (bicyclic) bond motifs is 1. The van der Waals surface area contributed by atoms with Crippen molar-refractivity contribution in [3.8, 4) is 0 Å². The Bertz CT molecular complexity index is 537. The van der Waals surface area contributed by atoms with Crippen molar-refractivity contribution in [3.63, 3.8) is 0 Å². The van der Waals surface area contributed by atoms with Crippen LogP contribution in [0.1, 0.15) is 29.5 Å². The van der Waals surface area contributed by atoms with E-state index in [-0.39, 0.29) is 5.82 Å². The van der Waals surface area contributed by atoms with Gasteiger partial charge in [-0.05, 0) is 54.6 Å². The maximum absolute atomic E-state index is 12.8. The van der Waals surface area contributed by atoms with Gasteiger partial charge in [-0.15, -0.1) is 0 Å². The Hall–Kier alpha value is -1.67. The molecule has 104 valence electrons. The van der Waals surface area contributed by atoms with Crippen LogP contribution >= 0.6 is 0 Å². The second-order valence-electron chi connectivity index (χ2n) is 5.56. The van der Waals surface area contributed by atoms with Gasteiger partial charge in [0.05, 0.1) is 0 Å². The lowest BCUT2D eigenvalue weighted by Crippen LogP contribution is -2.17. The van der Waals surface area contributed by atoms with E-state index in [1.54, 1.807) is 12.1 Å². The van der Waals surface area contributed by atoms with Gasteiger partial charge in [-0.3, -0.25) is 4.90 Å². The quantitative estimate of drug-likeness (QED) is 0.737. The highest BCUT2D eigenvalue weighted by atomic mass is 19.1. The molecule has 3 rings (SSSR count). The number of hydrogen-bond donors (Lipinski definition) is 0. The molecule has 0 N–H and O–H groups in total. The van der Waals surface area contributed by atoms with Crippen LogP contribution in [0.4, 0.5) is 4.39 Å². The van der Waals surface area contributed by atoms with E-state index in [0.717, 1.165) is 26.1 Å². The van der Waals surface area contributed by atoms with Gasteiger partial charge in [0.1, 0.15) is 5.82 Å². The molecule has 0 radical (unpaired) electrons. The van der Waals surface area contributed by atoms with Gasteiger partial charge in [0, 0.05) is 13.1 Å². The Balaban J connectivity index is 1.40. The van der Waals surface area contributed by atoms with Gasteiger partial charge in [-0.1, -0.05) is 36.4 Å². The van der Waals surface area contributed by atoms with Crippen molar-refractivity contribution in [2.75, 3.05) is 6.54 Å². The first-order valence-corrected chi connectivity index (χ1v) is 7.35. The molecule has 2 heteroatoms. The molecule has 1 heterocycles. The van der Waals surface area contributed by atoms with E-state index in [2.05, 4.69) is 29.2 Å². The first kappa shape index (κ1) is 13.3. The highest BCUT2D eigenvalue weighted by Gasteiger charge is 2.16. The van der Waals surface area contributed by atoms with E-state index < -0.39 is 0 Å². The summed E-state index contributed by atoms with van der Waals surface area (Å²) in [6.07, 6.45) is 3.41. The smallest absolute Gasteiger partial charge is 0.123 e. The number of unbranched alkanes of at least 4 members (excludes halogenated alkanes) is 1. The summed E-state index contributed by atoms with van der Waals surface area (Å²) in [4.78, 5) is 2.51. The minimum absolute atomic E-state index is 0.149. The lowest BCUT2D eigenvalue weighted by atomic mass is 10.1. The van der Waals surface area contributed by atoms with Crippen LogP contribution in [0.15, 0.2) is 48.5 Å². The maximum Gasteiger partial charge on any atom is 0.123 e. The zero-order valence-electron chi connectivity index (χ0n) is 11.7. The molecular weight excluding hydrogens is 249 g/mol. The van der Waals surface area contributed by atoms with Crippen molar-refractivity contribution >= 4 is 0 Å². The van der Waals surface area contributed by atoms with E-state index in [0.29, 0.717) is 0 Å². The normalized spacial score (nSPS) is 14.4. The topological polar surface area (TPSA) is 3.24 Å². The summed E-state index contributed by atoms with van der Waals surface area (Å²) >= 11 is 0. The van der Waals surface area contributed by atoms with Crippen LogP contribution < -0.4 is 0 Å². The highest BCUT2D eigenvalue weighted by molar-refractivity contribution is 5.30. The Kier molecular flexibility index (Phi) is 4.12. The second kappa shape index (κ2) is 6.19. The molecule has 0 unspecified atom stereocenters. The largest absolute Gasteiger partial charge is 0.295 e. The molecule has 0 saturated carbocycles. The van der Waals surface area contributed by atoms with Crippen LogP contribution in [-0.4, -0.2) is 11.4 Å². The Morgan fingerprint density at radius 3 is 2.15 bits per heavy atom. The second-order valence-corrected chi connectivity index (χ2v) is 5.56. The molecule has 0 saturated heterocycles. The van der Waals surface area contributed by atoms with Crippen LogP contribution in [0, 0.1) is 5.82 Å². The Morgan fingerprint density at radius 2 is 1.50 bits per heavy atom. The standard InChI is InChI=1S/C18H20FN/c19-18-10-8-15(9-11-18)5-3-4-12-20-13-16-6-1-2-7-17(16)14-20/h1-2,6-11H,3-5,12-14H2. The van der Waals surface area contributed by atoms with Crippen molar-refractivity contribution in [1.29, 1.82) is 0 Å². The molecule has 1 aliphatic rings. The number of aryl methyl sites for hydroxylation is 1. The molecule has 0 atom stereocenters. The molecule has 1 aliphatic heterocycles. The third-order valence-electron chi connectivity index (χ3n) is 4.01. The first-order chi connectivity index (χ1) is 9.81. The molecule has 0 spiro atoms. The summed E-state index contributed by atoms with van der Waals surface area (Å²) in [5.74, 6) is -0.149. The van der Waals surface area contributed by atoms with E-state index >= 15 is 0 Å². The van der Waals surface area contributed by atoms with E-state index in [1.807, 2.05) is 12.1 Å². The van der Waals surface area contributed by atoms with Gasteiger partial charge < -0.3 is 0 Å². The zero-order chi connectivity index (χ0) is 13.8. The molecule has 0 aliphatic carbocycles. The Labute approximate surface area is 120 Å². The molecule has 0 aromatic heterocycles. The fraction of sp³-hybridized carbons (Fsp3) is 0.333. The van der Waals surface area contributed by atoms with Crippen molar-refractivity contribution in [2.45, 2.75) is 32.4 Å². The molecule has 0 amide bonds. The SMILES string of the molecule is Fc1ccc(CCCCN2Cc3ccccc3C2)cc1. The first-order valence-electron chi connectivity index (χ1n) is 7.35. The molecule has 2 aromatic rings. The number of halogens is 1. The van der Waals surface area contributed by atoms with E-state index in [9.17, 15) is 4.39 Å². The predicted octanol–water partition coefficient (Wildman–Crippen LogP) is 4.16. The third-order valence-corrected chi connectivity index (χ3v) is 4.01. The number of benzene rings is 2. The molecule has 20 heavy (non-hydrogen) atoms. The number of nitrogens with zero attached hydrogens (tertiary/aromatic N) is 1. The lowest BCUT2D eigenvalue weighted by Gasteiger charge is -2.14. The fourth-order valence-corrected chi connectivity index (χ4v) is 2.88. The van der Waals surface area contributed by atoms with Gasteiger partial charge in [0.15, 0.2) is 0 Å².